The third-order valence-electron chi connectivity index (χ3n) is 3.81. The standard InChI is InChI=1S/C18H12F3N5OS2/c1-27-12-7-5-11(6-8-12)26-15(13-4-2-3-9-22-13)24-25-16(26)29-17-23-14(10-28-17)18(19,20)21/h2-10H,1H3. The normalized spacial score (nSPS) is 11.6. The van der Waals surface area contributed by atoms with Crippen LogP contribution < -0.4 is 4.74 Å². The third kappa shape index (κ3) is 4.10. The molecule has 4 aromatic rings. The van der Waals surface area contributed by atoms with E-state index in [0.717, 1.165) is 28.5 Å². The molecule has 0 N–H and O–H groups in total. The van der Waals surface area contributed by atoms with Gasteiger partial charge >= 0.3 is 6.18 Å². The number of methoxy groups -OCH3 is 1. The van der Waals surface area contributed by atoms with Crippen LogP contribution in [0.25, 0.3) is 17.2 Å². The lowest BCUT2D eigenvalue weighted by atomic mass is 10.3. The number of hydrogen-bond donors (Lipinski definition) is 0. The van der Waals surface area contributed by atoms with E-state index >= 15 is 0 Å². The zero-order valence-electron chi connectivity index (χ0n) is 14.8. The highest BCUT2D eigenvalue weighted by molar-refractivity contribution is 8.00. The number of halogens is 3. The molecular formula is C18H12F3N5OS2. The number of ether oxygens (including phenoxy) is 1. The first-order chi connectivity index (χ1) is 14.0. The zero-order valence-corrected chi connectivity index (χ0v) is 16.4. The van der Waals surface area contributed by atoms with Crippen molar-refractivity contribution in [1.82, 2.24) is 24.7 Å². The van der Waals surface area contributed by atoms with E-state index in [1.165, 1.54) is 0 Å². The number of aromatic nitrogens is 5. The van der Waals surface area contributed by atoms with E-state index in [2.05, 4.69) is 20.2 Å². The summed E-state index contributed by atoms with van der Waals surface area (Å²) in [6.07, 6.45) is -2.86. The van der Waals surface area contributed by atoms with Crippen LogP contribution in [0, 0.1) is 0 Å². The fourth-order valence-corrected chi connectivity index (χ4v) is 4.25. The van der Waals surface area contributed by atoms with E-state index in [9.17, 15) is 13.2 Å². The van der Waals surface area contributed by atoms with Crippen molar-refractivity contribution in [1.29, 1.82) is 0 Å². The zero-order chi connectivity index (χ0) is 20.4. The Morgan fingerprint density at radius 2 is 1.86 bits per heavy atom. The van der Waals surface area contributed by atoms with Gasteiger partial charge in [-0.25, -0.2) is 4.98 Å². The number of pyridine rings is 1. The summed E-state index contributed by atoms with van der Waals surface area (Å²) in [6.45, 7) is 0. The second kappa shape index (κ2) is 7.84. The smallest absolute Gasteiger partial charge is 0.434 e. The number of benzene rings is 1. The molecule has 0 amide bonds. The van der Waals surface area contributed by atoms with Gasteiger partial charge in [0.05, 0.1) is 12.8 Å². The van der Waals surface area contributed by atoms with Gasteiger partial charge < -0.3 is 4.74 Å². The van der Waals surface area contributed by atoms with E-state index in [1.807, 2.05) is 18.2 Å². The van der Waals surface area contributed by atoms with Crippen LogP contribution in [0.2, 0.25) is 0 Å². The van der Waals surface area contributed by atoms with Gasteiger partial charge in [0, 0.05) is 11.6 Å². The maximum atomic E-state index is 12.9. The summed E-state index contributed by atoms with van der Waals surface area (Å²) < 4.78 is 45.7. The minimum Gasteiger partial charge on any atom is -0.497 e. The highest BCUT2D eigenvalue weighted by atomic mass is 32.2. The van der Waals surface area contributed by atoms with Gasteiger partial charge in [0.1, 0.15) is 11.4 Å². The van der Waals surface area contributed by atoms with Crippen molar-refractivity contribution in [3.63, 3.8) is 0 Å². The third-order valence-corrected chi connectivity index (χ3v) is 5.70. The first-order valence-electron chi connectivity index (χ1n) is 8.17. The topological polar surface area (TPSA) is 65.7 Å². The summed E-state index contributed by atoms with van der Waals surface area (Å²) in [5.74, 6) is 1.14. The molecule has 0 spiro atoms. The van der Waals surface area contributed by atoms with Gasteiger partial charge in [0.15, 0.2) is 15.9 Å². The predicted molar refractivity (Wildman–Crippen MR) is 102 cm³/mol. The number of hydrogen-bond acceptors (Lipinski definition) is 7. The molecule has 4 rings (SSSR count). The van der Waals surface area contributed by atoms with Crippen molar-refractivity contribution < 1.29 is 17.9 Å². The number of alkyl halides is 3. The van der Waals surface area contributed by atoms with Crippen molar-refractivity contribution in [3.05, 3.63) is 59.7 Å². The van der Waals surface area contributed by atoms with E-state index in [1.54, 1.807) is 42.1 Å². The van der Waals surface area contributed by atoms with E-state index in [0.29, 0.717) is 28.1 Å². The highest BCUT2D eigenvalue weighted by Crippen LogP contribution is 2.37. The Morgan fingerprint density at radius 3 is 2.48 bits per heavy atom. The maximum Gasteiger partial charge on any atom is 0.434 e. The number of rotatable bonds is 5. The maximum absolute atomic E-state index is 12.9. The molecule has 0 unspecified atom stereocenters. The van der Waals surface area contributed by atoms with Gasteiger partial charge in [-0.2, -0.15) is 13.2 Å². The van der Waals surface area contributed by atoms with Crippen LogP contribution in [-0.4, -0.2) is 31.8 Å². The minimum atomic E-state index is -4.49. The largest absolute Gasteiger partial charge is 0.497 e. The van der Waals surface area contributed by atoms with Crippen molar-refractivity contribution in [2.75, 3.05) is 7.11 Å². The van der Waals surface area contributed by atoms with E-state index < -0.39 is 11.9 Å². The van der Waals surface area contributed by atoms with Crippen LogP contribution in [0.4, 0.5) is 13.2 Å². The Labute approximate surface area is 171 Å². The van der Waals surface area contributed by atoms with Gasteiger partial charge in [-0.15, -0.1) is 21.5 Å². The Kier molecular flexibility index (Phi) is 5.24. The Morgan fingerprint density at radius 1 is 1.07 bits per heavy atom. The molecule has 0 aliphatic heterocycles. The molecule has 0 saturated carbocycles. The molecule has 11 heteroatoms. The van der Waals surface area contributed by atoms with Crippen molar-refractivity contribution in [2.24, 2.45) is 0 Å². The molecule has 0 aliphatic rings. The SMILES string of the molecule is COc1ccc(-n2c(Sc3nc(C(F)(F)F)cs3)nnc2-c2ccccn2)cc1. The van der Waals surface area contributed by atoms with Gasteiger partial charge in [-0.05, 0) is 48.2 Å². The summed E-state index contributed by atoms with van der Waals surface area (Å²) in [5.41, 5.74) is 0.370. The van der Waals surface area contributed by atoms with Crippen LogP contribution in [0.5, 0.6) is 5.75 Å². The van der Waals surface area contributed by atoms with E-state index in [4.69, 9.17) is 4.74 Å². The molecule has 148 valence electrons. The second-order valence-electron chi connectivity index (χ2n) is 5.65. The van der Waals surface area contributed by atoms with Gasteiger partial charge in [-0.3, -0.25) is 9.55 Å². The van der Waals surface area contributed by atoms with Crippen molar-refractivity contribution in [3.8, 4) is 23.0 Å². The molecular weight excluding hydrogens is 423 g/mol. The Bertz CT molecular complexity index is 1110. The quantitative estimate of drug-likeness (QED) is 0.441. The molecule has 0 bridgehead atoms. The van der Waals surface area contributed by atoms with Crippen LogP contribution in [-0.2, 0) is 6.18 Å². The van der Waals surface area contributed by atoms with Crippen LogP contribution in [0.3, 0.4) is 0 Å². The summed E-state index contributed by atoms with van der Waals surface area (Å²) >= 11 is 1.91. The average Bonchev–Trinajstić information content (AvgIpc) is 3.36. The molecule has 3 aromatic heterocycles. The molecule has 3 heterocycles. The molecule has 0 fully saturated rings. The molecule has 0 saturated heterocycles. The molecule has 0 aliphatic carbocycles. The fraction of sp³-hybridized carbons (Fsp3) is 0.111. The Balaban J connectivity index is 1.77. The van der Waals surface area contributed by atoms with Crippen molar-refractivity contribution in [2.45, 2.75) is 15.7 Å². The summed E-state index contributed by atoms with van der Waals surface area (Å²) in [4.78, 5) is 7.97. The second-order valence-corrected chi connectivity index (χ2v) is 7.73. The Hall–Kier alpha value is -2.92. The minimum absolute atomic E-state index is 0.215. The average molecular weight is 435 g/mol. The van der Waals surface area contributed by atoms with Gasteiger partial charge in [0.25, 0.3) is 0 Å². The lowest BCUT2D eigenvalue weighted by Crippen LogP contribution is -2.04. The summed E-state index contributed by atoms with van der Waals surface area (Å²) in [6, 6.07) is 12.5. The fourth-order valence-electron chi connectivity index (χ4n) is 2.47. The molecule has 0 radical (unpaired) electrons. The van der Waals surface area contributed by atoms with Gasteiger partial charge in [0.2, 0.25) is 5.16 Å². The summed E-state index contributed by atoms with van der Waals surface area (Å²) in [5, 5.41) is 9.73. The number of thiazole rings is 1. The molecule has 1 aromatic carbocycles. The first-order valence-corrected chi connectivity index (χ1v) is 9.87. The molecule has 29 heavy (non-hydrogen) atoms. The molecule has 0 atom stereocenters. The lowest BCUT2D eigenvalue weighted by molar-refractivity contribution is -0.141. The van der Waals surface area contributed by atoms with Crippen LogP contribution >= 0.6 is 23.1 Å². The summed E-state index contributed by atoms with van der Waals surface area (Å²) in [7, 11) is 1.56. The van der Waals surface area contributed by atoms with Gasteiger partial charge in [-0.1, -0.05) is 6.07 Å². The lowest BCUT2D eigenvalue weighted by Gasteiger charge is -2.10. The molecule has 6 nitrogen and oxygen atoms in total. The first kappa shape index (κ1) is 19.4. The van der Waals surface area contributed by atoms with Crippen LogP contribution in [0.1, 0.15) is 5.69 Å². The monoisotopic (exact) mass is 435 g/mol. The van der Waals surface area contributed by atoms with Crippen LogP contribution in [0.15, 0.2) is 63.5 Å². The predicted octanol–water partition coefficient (Wildman–Crippen LogP) is 4.96. The van der Waals surface area contributed by atoms with E-state index in [-0.39, 0.29) is 4.34 Å². The van der Waals surface area contributed by atoms with Crippen molar-refractivity contribution >= 4 is 23.1 Å². The number of nitrogens with zero attached hydrogens (tertiary/aromatic N) is 5. The highest BCUT2D eigenvalue weighted by Gasteiger charge is 2.34.